The van der Waals surface area contributed by atoms with E-state index in [1.807, 2.05) is 25.1 Å². The molecule has 0 bridgehead atoms. The Morgan fingerprint density at radius 2 is 2.29 bits per heavy atom. The molecule has 0 fully saturated rings. The van der Waals surface area contributed by atoms with Gasteiger partial charge in [-0.05, 0) is 24.6 Å². The molecular formula is C10H10N2O2. The van der Waals surface area contributed by atoms with Crippen molar-refractivity contribution in [1.29, 1.82) is 5.41 Å². The Morgan fingerprint density at radius 1 is 1.50 bits per heavy atom. The number of hydrogen-bond acceptors (Lipinski definition) is 4. The number of fused-ring (bicyclic) bond motifs is 1. The van der Waals surface area contributed by atoms with Crippen molar-refractivity contribution >= 4 is 17.0 Å². The number of ether oxygens (including phenoxy) is 1. The predicted molar refractivity (Wildman–Crippen MR) is 52.6 cm³/mol. The number of aromatic nitrogens is 1. The van der Waals surface area contributed by atoms with Gasteiger partial charge in [-0.15, -0.1) is 0 Å². The molecule has 1 N–H and O–H groups in total. The zero-order valence-corrected chi connectivity index (χ0v) is 8.00. The molecule has 0 unspecified atom stereocenters. The molecule has 2 aromatic rings. The van der Waals surface area contributed by atoms with Gasteiger partial charge >= 0.3 is 0 Å². The molecule has 0 radical (unpaired) electrons. The van der Waals surface area contributed by atoms with Gasteiger partial charge in [0.15, 0.2) is 5.58 Å². The van der Waals surface area contributed by atoms with Gasteiger partial charge in [0.1, 0.15) is 5.52 Å². The molecule has 72 valence electrons. The fourth-order valence-electron chi connectivity index (χ4n) is 1.22. The van der Waals surface area contributed by atoms with Crippen LogP contribution in [0.5, 0.6) is 0 Å². The summed E-state index contributed by atoms with van der Waals surface area (Å²) in [7, 11) is 1.42. The van der Waals surface area contributed by atoms with Crippen LogP contribution >= 0.6 is 0 Å². The van der Waals surface area contributed by atoms with E-state index in [1.54, 1.807) is 0 Å². The van der Waals surface area contributed by atoms with Gasteiger partial charge in [-0.3, -0.25) is 5.41 Å². The van der Waals surface area contributed by atoms with E-state index in [0.29, 0.717) is 5.58 Å². The molecule has 2 rings (SSSR count). The van der Waals surface area contributed by atoms with E-state index in [9.17, 15) is 0 Å². The second-order valence-corrected chi connectivity index (χ2v) is 3.02. The summed E-state index contributed by atoms with van der Waals surface area (Å²) in [4.78, 5) is 4.13. The van der Waals surface area contributed by atoms with Crippen LogP contribution in [-0.4, -0.2) is 18.0 Å². The summed E-state index contributed by atoms with van der Waals surface area (Å²) in [5.74, 6) is 0.159. The average molecular weight is 190 g/mol. The van der Waals surface area contributed by atoms with Crippen molar-refractivity contribution in [3.05, 3.63) is 29.7 Å². The zero-order chi connectivity index (χ0) is 10.1. The molecule has 0 amide bonds. The predicted octanol–water partition coefficient (Wildman–Crippen LogP) is 2.11. The van der Waals surface area contributed by atoms with Crippen LogP contribution in [0, 0.1) is 12.3 Å². The normalized spacial score (nSPS) is 10.4. The summed E-state index contributed by atoms with van der Waals surface area (Å²) in [6.07, 6.45) is 0. The summed E-state index contributed by atoms with van der Waals surface area (Å²) in [6, 6.07) is 5.68. The van der Waals surface area contributed by atoms with E-state index in [0.717, 1.165) is 11.1 Å². The largest absolute Gasteiger partial charge is 0.478 e. The lowest BCUT2D eigenvalue weighted by Gasteiger charge is -1.92. The van der Waals surface area contributed by atoms with Crippen LogP contribution in [0.3, 0.4) is 0 Å². The number of hydrogen-bond donors (Lipinski definition) is 1. The van der Waals surface area contributed by atoms with E-state index >= 15 is 0 Å². The lowest BCUT2D eigenvalue weighted by molar-refractivity contribution is 0.384. The third-order valence-corrected chi connectivity index (χ3v) is 1.94. The highest BCUT2D eigenvalue weighted by atomic mass is 16.5. The molecule has 14 heavy (non-hydrogen) atoms. The number of nitrogens with zero attached hydrogens (tertiary/aromatic N) is 1. The Balaban J connectivity index is 2.56. The average Bonchev–Trinajstić information content (AvgIpc) is 2.59. The van der Waals surface area contributed by atoms with Crippen LogP contribution in [-0.2, 0) is 4.74 Å². The zero-order valence-electron chi connectivity index (χ0n) is 8.00. The first kappa shape index (κ1) is 8.74. The molecule has 0 aliphatic carbocycles. The van der Waals surface area contributed by atoms with Gasteiger partial charge in [0.25, 0.3) is 11.8 Å². The minimum Gasteiger partial charge on any atom is -0.478 e. The molecule has 4 nitrogen and oxygen atoms in total. The Labute approximate surface area is 81.0 Å². The van der Waals surface area contributed by atoms with Crippen molar-refractivity contribution < 1.29 is 9.15 Å². The van der Waals surface area contributed by atoms with Crippen molar-refractivity contribution in [2.75, 3.05) is 7.11 Å². The SMILES string of the molecule is COC(=N)c1nc2cc(C)ccc2o1. The van der Waals surface area contributed by atoms with Crippen molar-refractivity contribution in [2.24, 2.45) is 0 Å². The maximum atomic E-state index is 7.39. The van der Waals surface area contributed by atoms with Crippen molar-refractivity contribution in [3.8, 4) is 0 Å². The summed E-state index contributed by atoms with van der Waals surface area (Å²) >= 11 is 0. The molecule has 0 atom stereocenters. The summed E-state index contributed by atoms with van der Waals surface area (Å²) in [5, 5.41) is 7.39. The van der Waals surface area contributed by atoms with E-state index in [-0.39, 0.29) is 11.8 Å². The van der Waals surface area contributed by atoms with Crippen LogP contribution in [0.1, 0.15) is 11.5 Å². The number of methoxy groups -OCH3 is 1. The molecule has 4 heteroatoms. The van der Waals surface area contributed by atoms with Gasteiger partial charge in [-0.1, -0.05) is 6.07 Å². The number of oxazole rings is 1. The number of rotatable bonds is 1. The van der Waals surface area contributed by atoms with Crippen molar-refractivity contribution in [2.45, 2.75) is 6.92 Å². The highest BCUT2D eigenvalue weighted by Crippen LogP contribution is 2.17. The van der Waals surface area contributed by atoms with E-state index in [1.165, 1.54) is 7.11 Å². The molecule has 1 aromatic heterocycles. The summed E-state index contributed by atoms with van der Waals surface area (Å²) < 4.78 is 10.0. The summed E-state index contributed by atoms with van der Waals surface area (Å²) in [5.41, 5.74) is 2.54. The Bertz CT molecular complexity index is 488. The van der Waals surface area contributed by atoms with Gasteiger partial charge in [0, 0.05) is 0 Å². The molecule has 0 saturated carbocycles. The maximum Gasteiger partial charge on any atom is 0.283 e. The van der Waals surface area contributed by atoms with Crippen LogP contribution in [0.15, 0.2) is 22.6 Å². The highest BCUT2D eigenvalue weighted by Gasteiger charge is 2.10. The minimum absolute atomic E-state index is 0.0566. The Kier molecular flexibility index (Phi) is 1.96. The van der Waals surface area contributed by atoms with Gasteiger partial charge in [-0.25, -0.2) is 4.98 Å². The van der Waals surface area contributed by atoms with E-state index < -0.39 is 0 Å². The van der Waals surface area contributed by atoms with Crippen molar-refractivity contribution in [1.82, 2.24) is 4.98 Å². The van der Waals surface area contributed by atoms with Crippen LogP contribution in [0.4, 0.5) is 0 Å². The Morgan fingerprint density at radius 3 is 3.00 bits per heavy atom. The first-order valence-electron chi connectivity index (χ1n) is 4.21. The topological polar surface area (TPSA) is 59.1 Å². The standard InChI is InChI=1S/C10H10N2O2/c1-6-3-4-8-7(5-6)12-10(14-8)9(11)13-2/h3-5,11H,1-2H3. The van der Waals surface area contributed by atoms with E-state index in [2.05, 4.69) is 4.98 Å². The fraction of sp³-hybridized carbons (Fsp3) is 0.200. The van der Waals surface area contributed by atoms with Crippen LogP contribution < -0.4 is 0 Å². The lowest BCUT2D eigenvalue weighted by Crippen LogP contribution is -2.00. The molecular weight excluding hydrogens is 180 g/mol. The van der Waals surface area contributed by atoms with Gasteiger partial charge in [0.05, 0.1) is 7.11 Å². The van der Waals surface area contributed by atoms with Gasteiger partial charge < -0.3 is 9.15 Å². The molecule has 0 spiro atoms. The smallest absolute Gasteiger partial charge is 0.283 e. The quantitative estimate of drug-likeness (QED) is 0.553. The first-order valence-corrected chi connectivity index (χ1v) is 4.21. The lowest BCUT2D eigenvalue weighted by atomic mass is 10.2. The van der Waals surface area contributed by atoms with Crippen molar-refractivity contribution in [3.63, 3.8) is 0 Å². The van der Waals surface area contributed by atoms with Gasteiger partial charge in [0.2, 0.25) is 0 Å². The third kappa shape index (κ3) is 1.35. The molecule has 0 aliphatic rings. The minimum atomic E-state index is -0.0566. The summed E-state index contributed by atoms with van der Waals surface area (Å²) in [6.45, 7) is 1.98. The van der Waals surface area contributed by atoms with E-state index in [4.69, 9.17) is 14.6 Å². The number of benzene rings is 1. The van der Waals surface area contributed by atoms with Gasteiger partial charge in [-0.2, -0.15) is 0 Å². The maximum absolute atomic E-state index is 7.39. The fourth-order valence-corrected chi connectivity index (χ4v) is 1.22. The first-order chi connectivity index (χ1) is 6.70. The highest BCUT2D eigenvalue weighted by molar-refractivity contribution is 5.89. The molecule has 0 saturated heterocycles. The second-order valence-electron chi connectivity index (χ2n) is 3.02. The monoisotopic (exact) mass is 190 g/mol. The number of aryl methyl sites for hydroxylation is 1. The number of nitrogens with one attached hydrogen (secondary N) is 1. The van der Waals surface area contributed by atoms with Crippen LogP contribution in [0.25, 0.3) is 11.1 Å². The third-order valence-electron chi connectivity index (χ3n) is 1.94. The van der Waals surface area contributed by atoms with Crippen LogP contribution in [0.2, 0.25) is 0 Å². The molecule has 1 heterocycles. The molecule has 0 aliphatic heterocycles. The molecule has 1 aromatic carbocycles. The Hall–Kier alpha value is -1.84. The second kappa shape index (κ2) is 3.14.